The van der Waals surface area contributed by atoms with Crippen LogP contribution in [0, 0.1) is 0 Å². The molecule has 1 fully saturated rings. The molecule has 5 aromatic rings. The molecule has 0 aromatic heterocycles. The van der Waals surface area contributed by atoms with Crippen LogP contribution in [-0.2, 0) is 11.4 Å². The van der Waals surface area contributed by atoms with Crippen LogP contribution in [0.3, 0.4) is 0 Å². The van der Waals surface area contributed by atoms with E-state index < -0.39 is 0 Å². The van der Waals surface area contributed by atoms with Gasteiger partial charge in [0.1, 0.15) is 6.61 Å². The summed E-state index contributed by atoms with van der Waals surface area (Å²) in [5.74, 6) is 0.712. The number of benzene rings is 5. The van der Waals surface area contributed by atoms with Crippen molar-refractivity contribution in [3.05, 3.63) is 134 Å². The lowest BCUT2D eigenvalue weighted by Crippen LogP contribution is -2.28. The lowest BCUT2D eigenvalue weighted by molar-refractivity contribution is -0.113. The van der Waals surface area contributed by atoms with E-state index in [2.05, 4.69) is 18.2 Å². The highest BCUT2D eigenvalue weighted by Gasteiger charge is 2.35. The van der Waals surface area contributed by atoms with Crippen molar-refractivity contribution >= 4 is 85.9 Å². The van der Waals surface area contributed by atoms with Gasteiger partial charge in [-0.15, -0.1) is 0 Å². The van der Waals surface area contributed by atoms with Crippen molar-refractivity contribution in [1.82, 2.24) is 0 Å². The van der Waals surface area contributed by atoms with E-state index in [4.69, 9.17) is 49.3 Å². The van der Waals surface area contributed by atoms with E-state index >= 15 is 0 Å². The van der Waals surface area contributed by atoms with Crippen LogP contribution < -0.4 is 14.4 Å². The van der Waals surface area contributed by atoms with E-state index in [1.165, 1.54) is 11.8 Å². The number of aliphatic imine (C=N–C) groups is 1. The minimum absolute atomic E-state index is 0.226. The first-order chi connectivity index (χ1) is 21.4. The first-order valence-corrected chi connectivity index (χ1v) is 15.7. The van der Waals surface area contributed by atoms with Crippen molar-refractivity contribution in [2.75, 3.05) is 11.5 Å². The maximum absolute atomic E-state index is 13.8. The number of nitrogens with zero attached hydrogens (tertiary/aromatic N) is 2. The number of amides is 1. The van der Waals surface area contributed by atoms with Gasteiger partial charge < -0.3 is 9.47 Å². The standard InChI is InChI=1S/C35H25Cl3N2O3S/c1-2-42-31-19-22(18-30(38)33(31)43-21-24-8-5-7-23-6-3-4-9-29(23)24)20-32-34(41)40(28-16-12-26(37)13-17-28)35(44-32)39-27-14-10-25(36)11-15-27/h3-20H,2,21H2,1H3/b32-20-,39-35?. The molecule has 1 aliphatic rings. The van der Waals surface area contributed by atoms with E-state index in [1.807, 2.05) is 37.3 Å². The minimum Gasteiger partial charge on any atom is -0.490 e. The van der Waals surface area contributed by atoms with Crippen LogP contribution >= 0.6 is 46.6 Å². The summed E-state index contributed by atoms with van der Waals surface area (Å²) in [6.07, 6.45) is 1.78. The summed E-state index contributed by atoms with van der Waals surface area (Å²) in [5, 5.41) is 4.30. The van der Waals surface area contributed by atoms with Gasteiger partial charge in [0.05, 0.1) is 27.9 Å². The third-order valence-electron chi connectivity index (χ3n) is 6.82. The van der Waals surface area contributed by atoms with Gasteiger partial charge in [-0.1, -0.05) is 77.3 Å². The number of thioether (sulfide) groups is 1. The second-order valence-electron chi connectivity index (χ2n) is 9.79. The third-order valence-corrected chi connectivity index (χ3v) is 8.58. The summed E-state index contributed by atoms with van der Waals surface area (Å²) in [6, 6.07) is 32.0. The Balaban J connectivity index is 1.33. The zero-order chi connectivity index (χ0) is 30.6. The summed E-state index contributed by atoms with van der Waals surface area (Å²) in [7, 11) is 0. The molecule has 0 radical (unpaired) electrons. The Kier molecular flexibility index (Phi) is 9.14. The maximum atomic E-state index is 13.8. The van der Waals surface area contributed by atoms with E-state index in [0.717, 1.165) is 16.3 Å². The Hall–Kier alpha value is -3.94. The third kappa shape index (κ3) is 6.59. The van der Waals surface area contributed by atoms with E-state index in [0.29, 0.717) is 66.8 Å². The number of carbonyl (C=O) groups is 1. The molecule has 5 aromatic carbocycles. The first kappa shape index (κ1) is 30.1. The number of ether oxygens (including phenoxy) is 2. The molecule has 1 aliphatic heterocycles. The van der Waals surface area contributed by atoms with Gasteiger partial charge in [0.15, 0.2) is 16.7 Å². The van der Waals surface area contributed by atoms with Gasteiger partial charge in [-0.2, -0.15) is 0 Å². The van der Waals surface area contributed by atoms with Crippen molar-refractivity contribution in [1.29, 1.82) is 0 Å². The summed E-state index contributed by atoms with van der Waals surface area (Å²) in [5.41, 5.74) is 3.04. The lowest BCUT2D eigenvalue weighted by atomic mass is 10.1. The molecule has 0 unspecified atom stereocenters. The number of anilines is 1. The van der Waals surface area contributed by atoms with E-state index in [9.17, 15) is 4.79 Å². The van der Waals surface area contributed by atoms with Gasteiger partial charge in [0.2, 0.25) is 0 Å². The Morgan fingerprint density at radius 2 is 1.55 bits per heavy atom. The van der Waals surface area contributed by atoms with Crippen LogP contribution in [0.25, 0.3) is 16.8 Å². The van der Waals surface area contributed by atoms with Crippen LogP contribution in [0.4, 0.5) is 11.4 Å². The highest BCUT2D eigenvalue weighted by Crippen LogP contribution is 2.41. The van der Waals surface area contributed by atoms with E-state index in [-0.39, 0.29) is 5.91 Å². The van der Waals surface area contributed by atoms with Crippen molar-refractivity contribution in [2.24, 2.45) is 4.99 Å². The molecular formula is C35H25Cl3N2O3S. The Bertz CT molecular complexity index is 1900. The molecule has 9 heteroatoms. The van der Waals surface area contributed by atoms with Crippen molar-refractivity contribution in [2.45, 2.75) is 13.5 Å². The number of carbonyl (C=O) groups excluding carboxylic acids is 1. The van der Waals surface area contributed by atoms with Crippen LogP contribution in [0.1, 0.15) is 18.1 Å². The molecular weight excluding hydrogens is 635 g/mol. The van der Waals surface area contributed by atoms with Gasteiger partial charge >= 0.3 is 0 Å². The smallest absolute Gasteiger partial charge is 0.271 e. The van der Waals surface area contributed by atoms with Gasteiger partial charge in [0.25, 0.3) is 5.91 Å². The van der Waals surface area contributed by atoms with Gasteiger partial charge in [-0.3, -0.25) is 9.69 Å². The topological polar surface area (TPSA) is 51.1 Å². The number of amidine groups is 1. The monoisotopic (exact) mass is 658 g/mol. The zero-order valence-corrected chi connectivity index (χ0v) is 26.6. The SMILES string of the molecule is CCOc1cc(/C=C2\SC(=Nc3ccc(Cl)cc3)N(c3ccc(Cl)cc3)C2=O)cc(Cl)c1OCc1cccc2ccccc12. The molecule has 0 atom stereocenters. The average molecular weight is 660 g/mol. The second-order valence-corrected chi connectivity index (χ2v) is 12.1. The lowest BCUT2D eigenvalue weighted by Gasteiger charge is -2.16. The molecule has 1 saturated heterocycles. The fourth-order valence-corrected chi connectivity index (χ4v) is 6.31. The molecule has 44 heavy (non-hydrogen) atoms. The zero-order valence-electron chi connectivity index (χ0n) is 23.5. The highest BCUT2D eigenvalue weighted by atomic mass is 35.5. The predicted molar refractivity (Wildman–Crippen MR) is 184 cm³/mol. The van der Waals surface area contributed by atoms with Crippen LogP contribution in [-0.4, -0.2) is 17.7 Å². The van der Waals surface area contributed by atoms with Crippen LogP contribution in [0.2, 0.25) is 15.1 Å². The molecule has 0 N–H and O–H groups in total. The number of rotatable bonds is 8. The molecule has 0 saturated carbocycles. The fourth-order valence-electron chi connectivity index (χ4n) is 4.79. The average Bonchev–Trinajstić information content (AvgIpc) is 3.32. The molecule has 0 bridgehead atoms. The van der Waals surface area contributed by atoms with Gasteiger partial charge in [-0.25, -0.2) is 4.99 Å². The predicted octanol–water partition coefficient (Wildman–Crippen LogP) is 10.6. The van der Waals surface area contributed by atoms with E-state index in [1.54, 1.807) is 65.6 Å². The second kappa shape index (κ2) is 13.4. The molecule has 1 amide bonds. The number of fused-ring (bicyclic) bond motifs is 1. The van der Waals surface area contributed by atoms with Gasteiger partial charge in [-0.05, 0) is 107 Å². The number of hydrogen-bond donors (Lipinski definition) is 0. The normalized spacial score (nSPS) is 15.0. The molecule has 0 aliphatic carbocycles. The number of hydrogen-bond acceptors (Lipinski definition) is 5. The first-order valence-electron chi connectivity index (χ1n) is 13.8. The Morgan fingerprint density at radius 1 is 0.841 bits per heavy atom. The van der Waals surface area contributed by atoms with Crippen molar-refractivity contribution < 1.29 is 14.3 Å². The van der Waals surface area contributed by atoms with Crippen molar-refractivity contribution in [3.63, 3.8) is 0 Å². The molecule has 0 spiro atoms. The minimum atomic E-state index is -0.226. The summed E-state index contributed by atoms with van der Waals surface area (Å²) in [4.78, 5) is 20.6. The molecule has 220 valence electrons. The fraction of sp³-hybridized carbons (Fsp3) is 0.0857. The number of halogens is 3. The van der Waals surface area contributed by atoms with Crippen LogP contribution in [0.5, 0.6) is 11.5 Å². The quantitative estimate of drug-likeness (QED) is 0.156. The summed E-state index contributed by atoms with van der Waals surface area (Å²) >= 11 is 20.2. The van der Waals surface area contributed by atoms with Gasteiger partial charge in [0, 0.05) is 10.0 Å². The molecule has 5 nitrogen and oxygen atoms in total. The molecule has 6 rings (SSSR count). The highest BCUT2D eigenvalue weighted by molar-refractivity contribution is 8.19. The van der Waals surface area contributed by atoms with Crippen molar-refractivity contribution in [3.8, 4) is 11.5 Å². The largest absolute Gasteiger partial charge is 0.490 e. The molecule has 1 heterocycles. The van der Waals surface area contributed by atoms with Crippen LogP contribution in [0.15, 0.2) is 113 Å². The Labute approximate surface area is 274 Å². The summed E-state index contributed by atoms with van der Waals surface area (Å²) in [6.45, 7) is 2.63. The maximum Gasteiger partial charge on any atom is 0.271 e. The Morgan fingerprint density at radius 3 is 2.30 bits per heavy atom. The summed E-state index contributed by atoms with van der Waals surface area (Å²) < 4.78 is 12.2.